The fourth-order valence-corrected chi connectivity index (χ4v) is 0.893. The molecule has 1 heterocycles. The zero-order chi connectivity index (χ0) is 9.84. The third-order valence-corrected chi connectivity index (χ3v) is 1.59. The molecule has 5 heteroatoms. The van der Waals surface area contributed by atoms with E-state index in [-0.39, 0.29) is 0 Å². The van der Waals surface area contributed by atoms with E-state index in [2.05, 4.69) is 10.4 Å². The highest BCUT2D eigenvalue weighted by Gasteiger charge is 2.09. The number of carbonyl (C=O) groups excluding carboxylic acids is 1. The molecule has 0 spiro atoms. The topological polar surface area (TPSA) is 46.9 Å². The molecule has 1 N–H and O–H groups in total. The Kier molecular flexibility index (Phi) is 3.00. The third-order valence-electron chi connectivity index (χ3n) is 1.59. The molecule has 1 rings (SSSR count). The van der Waals surface area contributed by atoms with Crippen LogP contribution in [0.2, 0.25) is 0 Å². The second-order valence-corrected chi connectivity index (χ2v) is 2.86. The highest BCUT2D eigenvalue weighted by atomic mass is 19.1. The molecule has 0 aliphatic heterocycles. The zero-order valence-electron chi connectivity index (χ0n) is 7.62. The van der Waals surface area contributed by atoms with Gasteiger partial charge in [0.15, 0.2) is 6.17 Å². The minimum Gasteiger partial charge on any atom is -0.349 e. The number of alkyl halides is 1. The Labute approximate surface area is 75.7 Å². The van der Waals surface area contributed by atoms with Crippen molar-refractivity contribution < 1.29 is 9.18 Å². The summed E-state index contributed by atoms with van der Waals surface area (Å²) in [5.41, 5.74) is 0.858. The summed E-state index contributed by atoms with van der Waals surface area (Å²) in [6.45, 7) is 1.53. The van der Waals surface area contributed by atoms with Crippen molar-refractivity contribution in [1.29, 1.82) is 0 Å². The van der Waals surface area contributed by atoms with Crippen LogP contribution in [-0.4, -0.2) is 21.9 Å². The molecule has 72 valence electrons. The van der Waals surface area contributed by atoms with E-state index in [9.17, 15) is 9.18 Å². The molecule has 0 radical (unpaired) electrons. The SMILES string of the molecule is CC(F)C(=O)NCc1cnn(C)c1. The van der Waals surface area contributed by atoms with Crippen molar-refractivity contribution in [2.45, 2.75) is 19.6 Å². The average Bonchev–Trinajstić information content (AvgIpc) is 2.47. The molecule has 1 amide bonds. The fraction of sp³-hybridized carbons (Fsp3) is 0.500. The molecule has 1 atom stereocenters. The van der Waals surface area contributed by atoms with E-state index in [0.29, 0.717) is 6.54 Å². The average molecular weight is 185 g/mol. The summed E-state index contributed by atoms with van der Waals surface area (Å²) in [5, 5.41) is 6.36. The lowest BCUT2D eigenvalue weighted by Gasteiger charge is -2.02. The molecular formula is C8H12FN3O. The Morgan fingerprint density at radius 3 is 3.00 bits per heavy atom. The van der Waals surface area contributed by atoms with E-state index >= 15 is 0 Å². The molecule has 1 aromatic rings. The minimum absolute atomic E-state index is 0.320. The number of amides is 1. The van der Waals surface area contributed by atoms with Crippen molar-refractivity contribution in [3.63, 3.8) is 0 Å². The van der Waals surface area contributed by atoms with Gasteiger partial charge in [0, 0.05) is 25.4 Å². The van der Waals surface area contributed by atoms with Gasteiger partial charge in [0.05, 0.1) is 6.20 Å². The highest BCUT2D eigenvalue weighted by Crippen LogP contribution is 1.96. The second kappa shape index (κ2) is 4.02. The number of hydrogen-bond acceptors (Lipinski definition) is 2. The first-order valence-corrected chi connectivity index (χ1v) is 3.99. The number of hydrogen-bond donors (Lipinski definition) is 1. The van der Waals surface area contributed by atoms with Crippen LogP contribution in [0.3, 0.4) is 0 Å². The van der Waals surface area contributed by atoms with Crippen LogP contribution in [0.25, 0.3) is 0 Å². The summed E-state index contributed by atoms with van der Waals surface area (Å²) in [6.07, 6.45) is 1.93. The molecule has 0 aliphatic rings. The Balaban J connectivity index is 2.39. The van der Waals surface area contributed by atoms with Crippen LogP contribution in [0.15, 0.2) is 12.4 Å². The summed E-state index contributed by atoms with van der Waals surface area (Å²) in [5.74, 6) is -0.594. The Hall–Kier alpha value is -1.39. The van der Waals surface area contributed by atoms with Crippen molar-refractivity contribution in [3.05, 3.63) is 18.0 Å². The molecule has 0 saturated heterocycles. The van der Waals surface area contributed by atoms with Gasteiger partial charge in [-0.15, -0.1) is 0 Å². The van der Waals surface area contributed by atoms with E-state index in [0.717, 1.165) is 5.56 Å². The molecule has 0 bridgehead atoms. The monoisotopic (exact) mass is 185 g/mol. The van der Waals surface area contributed by atoms with E-state index in [1.165, 1.54) is 6.92 Å². The fourth-order valence-electron chi connectivity index (χ4n) is 0.893. The van der Waals surface area contributed by atoms with Gasteiger partial charge in [-0.05, 0) is 6.92 Å². The number of aryl methyl sites for hydroxylation is 1. The lowest BCUT2D eigenvalue weighted by atomic mass is 10.3. The van der Waals surface area contributed by atoms with E-state index in [4.69, 9.17) is 0 Å². The van der Waals surface area contributed by atoms with Gasteiger partial charge < -0.3 is 5.32 Å². The Morgan fingerprint density at radius 1 is 1.85 bits per heavy atom. The lowest BCUT2D eigenvalue weighted by molar-refractivity contribution is -0.125. The number of nitrogens with one attached hydrogen (secondary N) is 1. The van der Waals surface area contributed by atoms with Crippen molar-refractivity contribution in [2.24, 2.45) is 7.05 Å². The number of nitrogens with zero attached hydrogens (tertiary/aromatic N) is 2. The number of rotatable bonds is 3. The highest BCUT2D eigenvalue weighted by molar-refractivity contribution is 5.80. The van der Waals surface area contributed by atoms with Crippen molar-refractivity contribution in [2.75, 3.05) is 0 Å². The van der Waals surface area contributed by atoms with Gasteiger partial charge in [-0.2, -0.15) is 5.10 Å². The molecule has 0 saturated carbocycles. The second-order valence-electron chi connectivity index (χ2n) is 2.86. The Bertz CT molecular complexity index is 295. The van der Waals surface area contributed by atoms with Crippen molar-refractivity contribution in [1.82, 2.24) is 15.1 Å². The maximum Gasteiger partial charge on any atom is 0.254 e. The zero-order valence-corrected chi connectivity index (χ0v) is 7.62. The van der Waals surface area contributed by atoms with Gasteiger partial charge in [0.2, 0.25) is 0 Å². The molecule has 0 aliphatic carbocycles. The van der Waals surface area contributed by atoms with Crippen LogP contribution in [0.5, 0.6) is 0 Å². The molecule has 0 fully saturated rings. The first-order chi connectivity index (χ1) is 6.09. The van der Waals surface area contributed by atoms with Gasteiger partial charge >= 0.3 is 0 Å². The summed E-state index contributed by atoms with van der Waals surface area (Å²) in [7, 11) is 1.78. The van der Waals surface area contributed by atoms with Crippen LogP contribution in [-0.2, 0) is 18.4 Å². The van der Waals surface area contributed by atoms with Crippen LogP contribution < -0.4 is 5.32 Å². The van der Waals surface area contributed by atoms with Gasteiger partial charge in [0.25, 0.3) is 5.91 Å². The van der Waals surface area contributed by atoms with Crippen molar-refractivity contribution in [3.8, 4) is 0 Å². The van der Waals surface area contributed by atoms with Crippen LogP contribution in [0, 0.1) is 0 Å². The first kappa shape index (κ1) is 9.70. The molecular weight excluding hydrogens is 173 g/mol. The molecule has 13 heavy (non-hydrogen) atoms. The summed E-state index contributed by atoms with van der Waals surface area (Å²) >= 11 is 0. The maximum atomic E-state index is 12.4. The smallest absolute Gasteiger partial charge is 0.254 e. The summed E-state index contributed by atoms with van der Waals surface area (Å²) in [4.78, 5) is 10.8. The van der Waals surface area contributed by atoms with Gasteiger partial charge in [-0.25, -0.2) is 4.39 Å². The predicted molar refractivity (Wildman–Crippen MR) is 45.6 cm³/mol. The van der Waals surface area contributed by atoms with Crippen molar-refractivity contribution >= 4 is 5.91 Å². The van der Waals surface area contributed by atoms with Gasteiger partial charge in [-0.1, -0.05) is 0 Å². The van der Waals surface area contributed by atoms with Crippen LogP contribution >= 0.6 is 0 Å². The van der Waals surface area contributed by atoms with Gasteiger partial charge in [-0.3, -0.25) is 9.48 Å². The molecule has 1 aromatic heterocycles. The molecule has 4 nitrogen and oxygen atoms in total. The standard InChI is InChI=1S/C8H12FN3O/c1-6(9)8(13)10-3-7-4-11-12(2)5-7/h4-6H,3H2,1-2H3,(H,10,13). The van der Waals surface area contributed by atoms with E-state index in [1.807, 2.05) is 0 Å². The Morgan fingerprint density at radius 2 is 2.54 bits per heavy atom. The number of aromatic nitrogens is 2. The number of carbonyl (C=O) groups is 1. The first-order valence-electron chi connectivity index (χ1n) is 3.99. The predicted octanol–water partition coefficient (Wildman–Crippen LogP) is 0.394. The maximum absolute atomic E-state index is 12.4. The number of halogens is 1. The minimum atomic E-state index is -1.46. The van der Waals surface area contributed by atoms with Gasteiger partial charge in [0.1, 0.15) is 0 Å². The molecule has 1 unspecified atom stereocenters. The normalized spacial score (nSPS) is 12.5. The lowest BCUT2D eigenvalue weighted by Crippen LogP contribution is -2.29. The van der Waals surface area contributed by atoms with Crippen LogP contribution in [0.1, 0.15) is 12.5 Å². The third kappa shape index (κ3) is 2.85. The largest absolute Gasteiger partial charge is 0.349 e. The van der Waals surface area contributed by atoms with E-state index in [1.54, 1.807) is 24.1 Å². The quantitative estimate of drug-likeness (QED) is 0.740. The van der Waals surface area contributed by atoms with Crippen LogP contribution in [0.4, 0.5) is 4.39 Å². The molecule has 0 aromatic carbocycles. The summed E-state index contributed by atoms with van der Waals surface area (Å²) < 4.78 is 14.0. The van der Waals surface area contributed by atoms with E-state index < -0.39 is 12.1 Å². The summed E-state index contributed by atoms with van der Waals surface area (Å²) in [6, 6.07) is 0.